The molecule has 0 aliphatic carbocycles. The van der Waals surface area contributed by atoms with Gasteiger partial charge in [0.25, 0.3) is 0 Å². The van der Waals surface area contributed by atoms with Crippen LogP contribution in [0.3, 0.4) is 0 Å². The molecule has 2 rings (SSSR count). The van der Waals surface area contributed by atoms with Gasteiger partial charge in [-0.25, -0.2) is 0 Å². The standard InChI is InChI=1S/C14H17F3N2O.C4H10.C2H2/c1-13(9-18-6-7-19(13)2)11-4-3-5-12(10(11)8-20)14(15,16)17;1-4(2)3;1-2/h3-5,8,18H,6-7,9H2,1-2H3;4H,1-3H3;1-2H/t13-;;/m0../s1. The Labute approximate surface area is 155 Å². The van der Waals surface area contributed by atoms with Crippen molar-refractivity contribution in [3.63, 3.8) is 0 Å². The zero-order valence-electron chi connectivity index (χ0n) is 16.2. The molecule has 6 heteroatoms. The normalized spacial score (nSPS) is 20.4. The van der Waals surface area contributed by atoms with Gasteiger partial charge in [-0.3, -0.25) is 9.69 Å². The molecule has 1 atom stereocenters. The number of carbonyl (C=O) groups is 1. The Hall–Kier alpha value is -1.84. The number of nitrogens with zero attached hydrogens (tertiary/aromatic N) is 1. The Kier molecular flexibility index (Phi) is 9.61. The highest BCUT2D eigenvalue weighted by atomic mass is 19.4. The fraction of sp³-hybridized carbons (Fsp3) is 0.550. The van der Waals surface area contributed by atoms with Crippen molar-refractivity contribution in [2.24, 2.45) is 5.92 Å². The van der Waals surface area contributed by atoms with Crippen molar-refractivity contribution in [3.05, 3.63) is 34.9 Å². The van der Waals surface area contributed by atoms with Crippen LogP contribution in [0.2, 0.25) is 0 Å². The first-order valence-corrected chi connectivity index (χ1v) is 8.45. The van der Waals surface area contributed by atoms with Crippen molar-refractivity contribution >= 4 is 6.29 Å². The van der Waals surface area contributed by atoms with E-state index < -0.39 is 17.3 Å². The van der Waals surface area contributed by atoms with Crippen LogP contribution in [-0.2, 0) is 11.7 Å². The van der Waals surface area contributed by atoms with Crippen molar-refractivity contribution in [1.29, 1.82) is 0 Å². The minimum atomic E-state index is -4.52. The number of hydrogen-bond acceptors (Lipinski definition) is 3. The molecule has 1 N–H and O–H groups in total. The average Bonchev–Trinajstić information content (AvgIpc) is 2.57. The highest BCUT2D eigenvalue weighted by Gasteiger charge is 2.40. The quantitative estimate of drug-likeness (QED) is 0.626. The number of piperazine rings is 1. The maximum absolute atomic E-state index is 13.0. The Morgan fingerprint density at radius 3 is 2.23 bits per heavy atom. The highest BCUT2D eigenvalue weighted by Crippen LogP contribution is 2.37. The molecule has 26 heavy (non-hydrogen) atoms. The molecule has 1 aliphatic rings. The summed E-state index contributed by atoms with van der Waals surface area (Å²) in [7, 11) is 1.86. The molecule has 1 aliphatic heterocycles. The van der Waals surface area contributed by atoms with E-state index in [1.165, 1.54) is 6.07 Å². The smallest absolute Gasteiger partial charge is 0.313 e. The van der Waals surface area contributed by atoms with Crippen LogP contribution >= 0.6 is 0 Å². The van der Waals surface area contributed by atoms with E-state index in [1.54, 1.807) is 6.07 Å². The number of halogens is 3. The molecule has 0 bridgehead atoms. The number of nitrogens with one attached hydrogen (secondary N) is 1. The van der Waals surface area contributed by atoms with Gasteiger partial charge in [-0.15, -0.1) is 12.8 Å². The van der Waals surface area contributed by atoms with Crippen molar-refractivity contribution < 1.29 is 18.0 Å². The van der Waals surface area contributed by atoms with E-state index in [0.717, 1.165) is 18.5 Å². The molecule has 0 amide bonds. The van der Waals surface area contributed by atoms with E-state index in [9.17, 15) is 18.0 Å². The molecule has 146 valence electrons. The van der Waals surface area contributed by atoms with E-state index >= 15 is 0 Å². The molecule has 0 radical (unpaired) electrons. The monoisotopic (exact) mass is 370 g/mol. The fourth-order valence-electron chi connectivity index (χ4n) is 2.67. The predicted octanol–water partition coefficient (Wildman–Crippen LogP) is 4.18. The first-order chi connectivity index (χ1) is 12.0. The van der Waals surface area contributed by atoms with Crippen LogP contribution in [0, 0.1) is 18.8 Å². The topological polar surface area (TPSA) is 32.3 Å². The lowest BCUT2D eigenvalue weighted by Crippen LogP contribution is -2.56. The number of rotatable bonds is 2. The van der Waals surface area contributed by atoms with E-state index in [2.05, 4.69) is 38.9 Å². The molecule has 0 saturated carbocycles. The largest absolute Gasteiger partial charge is 0.417 e. The predicted molar refractivity (Wildman–Crippen MR) is 100 cm³/mol. The molecule has 3 nitrogen and oxygen atoms in total. The van der Waals surface area contributed by atoms with Crippen molar-refractivity contribution in [3.8, 4) is 12.8 Å². The summed E-state index contributed by atoms with van der Waals surface area (Å²) in [5.41, 5.74) is -1.35. The maximum atomic E-state index is 13.0. The number of terminal acetylenes is 1. The van der Waals surface area contributed by atoms with Crippen molar-refractivity contribution in [2.75, 3.05) is 26.7 Å². The fourth-order valence-corrected chi connectivity index (χ4v) is 2.67. The van der Waals surface area contributed by atoms with Crippen LogP contribution in [0.15, 0.2) is 18.2 Å². The summed E-state index contributed by atoms with van der Waals surface area (Å²) in [6.45, 7) is 10.3. The minimum absolute atomic E-state index is 0.266. The van der Waals surface area contributed by atoms with E-state index in [0.29, 0.717) is 24.9 Å². The van der Waals surface area contributed by atoms with Gasteiger partial charge >= 0.3 is 6.18 Å². The lowest BCUT2D eigenvalue weighted by atomic mass is 9.84. The molecule has 0 unspecified atom stereocenters. The van der Waals surface area contributed by atoms with Gasteiger partial charge < -0.3 is 5.32 Å². The zero-order chi connectivity index (χ0) is 20.5. The molecule has 1 saturated heterocycles. The minimum Gasteiger partial charge on any atom is -0.313 e. The van der Waals surface area contributed by atoms with Gasteiger partial charge in [0, 0.05) is 25.2 Å². The lowest BCUT2D eigenvalue weighted by molar-refractivity contribution is -0.138. The summed E-state index contributed by atoms with van der Waals surface area (Å²) in [4.78, 5) is 13.2. The van der Waals surface area contributed by atoms with Crippen LogP contribution < -0.4 is 5.32 Å². The van der Waals surface area contributed by atoms with Crippen molar-refractivity contribution in [1.82, 2.24) is 10.2 Å². The Bertz CT molecular complexity index is 594. The van der Waals surface area contributed by atoms with Crippen molar-refractivity contribution in [2.45, 2.75) is 39.4 Å². The van der Waals surface area contributed by atoms with Crippen LogP contribution in [-0.4, -0.2) is 37.9 Å². The van der Waals surface area contributed by atoms with Crippen LogP contribution in [0.1, 0.15) is 49.2 Å². The Morgan fingerprint density at radius 1 is 1.27 bits per heavy atom. The summed E-state index contributed by atoms with van der Waals surface area (Å²) >= 11 is 0. The molecule has 0 spiro atoms. The number of alkyl halides is 3. The Morgan fingerprint density at radius 2 is 1.81 bits per heavy atom. The Balaban J connectivity index is 0.000000920. The number of aldehydes is 1. The number of likely N-dealkylation sites (N-methyl/N-ethyl adjacent to an activating group) is 1. The SMILES string of the molecule is C#C.CC(C)C.CN1CCNC[C@@]1(C)c1cccc(C(F)(F)F)c1C=O. The first kappa shape index (κ1) is 24.2. The molecule has 1 heterocycles. The summed E-state index contributed by atoms with van der Waals surface area (Å²) < 4.78 is 39.0. The molecular weight excluding hydrogens is 341 g/mol. The molecule has 1 aromatic rings. The van der Waals surface area contributed by atoms with Gasteiger partial charge in [0.05, 0.1) is 11.1 Å². The van der Waals surface area contributed by atoms with Gasteiger partial charge in [-0.05, 0) is 31.5 Å². The highest BCUT2D eigenvalue weighted by molar-refractivity contribution is 5.81. The zero-order valence-corrected chi connectivity index (χ0v) is 16.2. The van der Waals surface area contributed by atoms with Crippen LogP contribution in [0.5, 0.6) is 0 Å². The number of carbonyl (C=O) groups excluding carboxylic acids is 1. The summed E-state index contributed by atoms with van der Waals surface area (Å²) in [6.07, 6.45) is 3.79. The van der Waals surface area contributed by atoms with E-state index in [-0.39, 0.29) is 5.56 Å². The third-order valence-corrected chi connectivity index (χ3v) is 4.05. The van der Waals surface area contributed by atoms with E-state index in [4.69, 9.17) is 0 Å². The van der Waals surface area contributed by atoms with Gasteiger partial charge in [0.15, 0.2) is 6.29 Å². The van der Waals surface area contributed by atoms with Crippen LogP contribution in [0.4, 0.5) is 13.2 Å². The molecule has 0 aromatic heterocycles. The summed E-state index contributed by atoms with van der Waals surface area (Å²) in [5, 5.41) is 3.17. The van der Waals surface area contributed by atoms with Gasteiger partial charge in [-0.1, -0.05) is 32.9 Å². The third kappa shape index (κ3) is 6.15. The summed E-state index contributed by atoms with van der Waals surface area (Å²) in [6, 6.07) is 3.91. The van der Waals surface area contributed by atoms with Gasteiger partial charge in [0.1, 0.15) is 0 Å². The lowest BCUT2D eigenvalue weighted by Gasteiger charge is -2.44. The molecule has 1 fully saturated rings. The second kappa shape index (κ2) is 10.3. The average molecular weight is 370 g/mol. The number of hydrogen-bond donors (Lipinski definition) is 1. The van der Waals surface area contributed by atoms with Crippen LogP contribution in [0.25, 0.3) is 0 Å². The maximum Gasteiger partial charge on any atom is 0.417 e. The molecular formula is C20H29F3N2O. The van der Waals surface area contributed by atoms with Gasteiger partial charge in [0.2, 0.25) is 0 Å². The second-order valence-electron chi connectivity index (χ2n) is 6.99. The second-order valence-corrected chi connectivity index (χ2v) is 6.99. The van der Waals surface area contributed by atoms with E-state index in [1.807, 2.05) is 18.9 Å². The third-order valence-electron chi connectivity index (χ3n) is 4.05. The summed E-state index contributed by atoms with van der Waals surface area (Å²) in [5.74, 6) is 0.833. The molecule has 1 aromatic carbocycles. The number of benzene rings is 1. The first-order valence-electron chi connectivity index (χ1n) is 8.45. The van der Waals surface area contributed by atoms with Gasteiger partial charge in [-0.2, -0.15) is 13.2 Å².